The molecule has 2 heterocycles. The number of aromatic nitrogens is 3. The lowest BCUT2D eigenvalue weighted by Gasteiger charge is -2.10. The fourth-order valence-corrected chi connectivity index (χ4v) is 5.35. The van der Waals surface area contributed by atoms with E-state index >= 15 is 0 Å². The van der Waals surface area contributed by atoms with E-state index in [4.69, 9.17) is 15.2 Å². The Balaban J connectivity index is 1.49. The molecule has 0 saturated carbocycles. The van der Waals surface area contributed by atoms with Gasteiger partial charge in [-0.1, -0.05) is 61.5 Å². The van der Waals surface area contributed by atoms with E-state index in [-0.39, 0.29) is 5.97 Å². The maximum absolute atomic E-state index is 13.0. The minimum Gasteiger partial charge on any atom is -0.493 e. The molecule has 0 bridgehead atoms. The smallest absolute Gasteiger partial charge is 0.355 e. The Morgan fingerprint density at radius 2 is 1.79 bits per heavy atom. The molecule has 0 spiro atoms. The summed E-state index contributed by atoms with van der Waals surface area (Å²) in [5, 5.41) is 7.91. The number of aromatic amines is 1. The van der Waals surface area contributed by atoms with Crippen molar-refractivity contribution in [3.8, 4) is 16.9 Å². The molecule has 0 atom stereocenters. The Bertz CT molecular complexity index is 1590. The van der Waals surface area contributed by atoms with Gasteiger partial charge in [-0.3, -0.25) is 4.68 Å². The molecule has 0 aliphatic heterocycles. The normalized spacial score (nSPS) is 11.4. The summed E-state index contributed by atoms with van der Waals surface area (Å²) in [6, 6.07) is 20.5. The molecule has 0 amide bonds. The van der Waals surface area contributed by atoms with Gasteiger partial charge in [0.2, 0.25) is 0 Å². The van der Waals surface area contributed by atoms with E-state index in [0.717, 1.165) is 68.3 Å². The standard InChI is InChI=1S/C31H34N4O3/c1-4-26-28(25(19-32)34-35(26)3)24-15-9-14-22-23(30(33-29(22)24)31(36)37-5-2)16-10-18-38-27-17-8-12-20-11-6-7-13-21(20)27/h6-9,11-15,17,33H,4-5,10,16,18-19,32H2,1-3H3. The summed E-state index contributed by atoms with van der Waals surface area (Å²) in [6.07, 6.45) is 2.23. The summed E-state index contributed by atoms with van der Waals surface area (Å²) in [7, 11) is 1.95. The quantitative estimate of drug-likeness (QED) is 0.179. The van der Waals surface area contributed by atoms with E-state index < -0.39 is 0 Å². The fraction of sp³-hybridized carbons (Fsp3) is 0.290. The van der Waals surface area contributed by atoms with Crippen molar-refractivity contribution >= 4 is 27.6 Å². The van der Waals surface area contributed by atoms with Crippen molar-refractivity contribution in [1.29, 1.82) is 0 Å². The lowest BCUT2D eigenvalue weighted by molar-refractivity contribution is 0.0519. The van der Waals surface area contributed by atoms with Gasteiger partial charge < -0.3 is 20.2 Å². The van der Waals surface area contributed by atoms with Gasteiger partial charge in [-0.2, -0.15) is 5.10 Å². The number of carbonyl (C=O) groups is 1. The topological polar surface area (TPSA) is 95.2 Å². The highest BCUT2D eigenvalue weighted by Crippen LogP contribution is 2.36. The summed E-state index contributed by atoms with van der Waals surface area (Å²) in [6.45, 7) is 5.11. The Hall–Kier alpha value is -4.10. The van der Waals surface area contributed by atoms with E-state index in [1.54, 1.807) is 0 Å². The number of esters is 1. The summed E-state index contributed by atoms with van der Waals surface area (Å²) in [5.74, 6) is 0.522. The third kappa shape index (κ3) is 4.65. The highest BCUT2D eigenvalue weighted by molar-refractivity contribution is 6.04. The zero-order chi connectivity index (χ0) is 26.6. The SMILES string of the molecule is CCOC(=O)c1[nH]c2c(-c3c(CN)nn(C)c3CC)cccc2c1CCCOc1cccc2ccccc12. The van der Waals surface area contributed by atoms with Gasteiger partial charge in [0.05, 0.1) is 24.4 Å². The number of aryl methyl sites for hydroxylation is 2. The number of carbonyl (C=O) groups excluding carboxylic acids is 1. The molecule has 0 radical (unpaired) electrons. The number of ether oxygens (including phenoxy) is 2. The van der Waals surface area contributed by atoms with Gasteiger partial charge in [-0.05, 0) is 43.2 Å². The Labute approximate surface area is 222 Å². The first-order valence-corrected chi connectivity index (χ1v) is 13.2. The van der Waals surface area contributed by atoms with Gasteiger partial charge >= 0.3 is 5.97 Å². The van der Waals surface area contributed by atoms with Crippen molar-refractivity contribution in [2.45, 2.75) is 39.7 Å². The summed E-state index contributed by atoms with van der Waals surface area (Å²) >= 11 is 0. The number of rotatable bonds is 10. The maximum atomic E-state index is 13.0. The molecule has 3 N–H and O–H groups in total. The largest absolute Gasteiger partial charge is 0.493 e. The number of hydrogen-bond donors (Lipinski definition) is 2. The number of H-pyrrole nitrogens is 1. The van der Waals surface area contributed by atoms with Gasteiger partial charge in [-0.25, -0.2) is 4.79 Å². The van der Waals surface area contributed by atoms with Crippen LogP contribution in [0.25, 0.3) is 32.8 Å². The average Bonchev–Trinajstić information content (AvgIpc) is 3.48. The van der Waals surface area contributed by atoms with E-state index in [1.165, 1.54) is 0 Å². The third-order valence-electron chi connectivity index (χ3n) is 7.04. The van der Waals surface area contributed by atoms with Crippen LogP contribution in [0, 0.1) is 0 Å². The van der Waals surface area contributed by atoms with E-state index in [1.807, 2.05) is 49.0 Å². The number of nitrogens with zero attached hydrogens (tertiary/aromatic N) is 2. The van der Waals surface area contributed by atoms with Crippen LogP contribution in [-0.4, -0.2) is 33.9 Å². The molecule has 0 unspecified atom stereocenters. The van der Waals surface area contributed by atoms with Gasteiger partial charge in [0.25, 0.3) is 0 Å². The second-order valence-electron chi connectivity index (χ2n) is 9.31. The van der Waals surface area contributed by atoms with Crippen LogP contribution in [0.2, 0.25) is 0 Å². The summed E-state index contributed by atoms with van der Waals surface area (Å²) in [4.78, 5) is 16.4. The van der Waals surface area contributed by atoms with Crippen LogP contribution < -0.4 is 10.5 Å². The number of para-hydroxylation sites is 1. The van der Waals surface area contributed by atoms with Crippen LogP contribution in [0.15, 0.2) is 60.7 Å². The predicted molar refractivity (Wildman–Crippen MR) is 151 cm³/mol. The van der Waals surface area contributed by atoms with E-state index in [9.17, 15) is 4.79 Å². The maximum Gasteiger partial charge on any atom is 0.355 e. The van der Waals surface area contributed by atoms with Crippen molar-refractivity contribution in [2.75, 3.05) is 13.2 Å². The number of benzene rings is 3. The summed E-state index contributed by atoms with van der Waals surface area (Å²) < 4.78 is 13.5. The zero-order valence-corrected chi connectivity index (χ0v) is 22.2. The Morgan fingerprint density at radius 1 is 1.03 bits per heavy atom. The molecule has 5 aromatic rings. The fourth-order valence-electron chi connectivity index (χ4n) is 5.35. The third-order valence-corrected chi connectivity index (χ3v) is 7.04. The van der Waals surface area contributed by atoms with Crippen LogP contribution in [-0.2, 0) is 31.2 Å². The monoisotopic (exact) mass is 510 g/mol. The Kier molecular flexibility index (Phi) is 7.47. The summed E-state index contributed by atoms with van der Waals surface area (Å²) in [5.41, 5.74) is 12.4. The van der Waals surface area contributed by atoms with E-state index in [0.29, 0.717) is 31.9 Å². The molecule has 0 saturated heterocycles. The number of fused-ring (bicyclic) bond motifs is 2. The van der Waals surface area contributed by atoms with Gasteiger partial charge in [-0.15, -0.1) is 0 Å². The first-order chi connectivity index (χ1) is 18.6. The van der Waals surface area contributed by atoms with Gasteiger partial charge in [0.15, 0.2) is 0 Å². The molecule has 0 aliphatic carbocycles. The highest BCUT2D eigenvalue weighted by Gasteiger charge is 2.23. The second kappa shape index (κ2) is 11.1. The first kappa shape index (κ1) is 25.5. The van der Waals surface area contributed by atoms with Crippen molar-refractivity contribution in [3.63, 3.8) is 0 Å². The van der Waals surface area contributed by atoms with Crippen molar-refractivity contribution < 1.29 is 14.3 Å². The molecule has 0 fully saturated rings. The number of hydrogen-bond acceptors (Lipinski definition) is 5. The van der Waals surface area contributed by atoms with E-state index in [2.05, 4.69) is 47.3 Å². The van der Waals surface area contributed by atoms with Gasteiger partial charge in [0.1, 0.15) is 11.4 Å². The van der Waals surface area contributed by atoms with Crippen molar-refractivity contribution in [2.24, 2.45) is 12.8 Å². The molecule has 3 aromatic carbocycles. The molecule has 2 aromatic heterocycles. The van der Waals surface area contributed by atoms with Crippen molar-refractivity contribution in [1.82, 2.24) is 14.8 Å². The molecule has 196 valence electrons. The van der Waals surface area contributed by atoms with Gasteiger partial charge in [0, 0.05) is 41.2 Å². The van der Waals surface area contributed by atoms with Crippen LogP contribution >= 0.6 is 0 Å². The lowest BCUT2D eigenvalue weighted by atomic mass is 9.97. The molecule has 0 aliphatic rings. The molecule has 5 rings (SSSR count). The van der Waals surface area contributed by atoms with Crippen LogP contribution in [0.5, 0.6) is 5.75 Å². The minimum absolute atomic E-state index is 0.310. The number of nitrogens with two attached hydrogens (primary N) is 1. The lowest BCUT2D eigenvalue weighted by Crippen LogP contribution is -2.09. The van der Waals surface area contributed by atoms with Crippen LogP contribution in [0.4, 0.5) is 0 Å². The zero-order valence-electron chi connectivity index (χ0n) is 22.2. The second-order valence-corrected chi connectivity index (χ2v) is 9.31. The first-order valence-electron chi connectivity index (χ1n) is 13.2. The average molecular weight is 511 g/mol. The van der Waals surface area contributed by atoms with Crippen LogP contribution in [0.3, 0.4) is 0 Å². The molecule has 38 heavy (non-hydrogen) atoms. The molecule has 7 heteroatoms. The molecule has 7 nitrogen and oxygen atoms in total. The Morgan fingerprint density at radius 3 is 2.58 bits per heavy atom. The van der Waals surface area contributed by atoms with Crippen LogP contribution in [0.1, 0.15) is 47.7 Å². The minimum atomic E-state index is -0.347. The molecular weight excluding hydrogens is 476 g/mol. The number of nitrogens with one attached hydrogen (secondary N) is 1. The highest BCUT2D eigenvalue weighted by atomic mass is 16.5. The van der Waals surface area contributed by atoms with Crippen molar-refractivity contribution in [3.05, 3.63) is 83.3 Å². The molecular formula is C31H34N4O3. The predicted octanol–water partition coefficient (Wildman–Crippen LogP) is 5.93.